The fraction of sp³-hybridized carbons (Fsp3) is 0.913. The van der Waals surface area contributed by atoms with Crippen LogP contribution in [0.25, 0.3) is 0 Å². The zero-order valence-corrected chi connectivity index (χ0v) is 20.4. The number of carbonyl (C=O) groups is 1. The molecule has 8 heteroatoms. The molecule has 2 atom stereocenters. The number of carbonyl (C=O) groups excluding carboxylic acids is 1. The molecule has 0 spiro atoms. The lowest BCUT2D eigenvalue weighted by Crippen LogP contribution is -2.57. The molecule has 2 unspecified atom stereocenters. The van der Waals surface area contributed by atoms with Gasteiger partial charge >= 0.3 is 0 Å². The summed E-state index contributed by atoms with van der Waals surface area (Å²) in [4.78, 5) is 29.5. The average Bonchev–Trinajstić information content (AvgIpc) is 3.32. The second kappa shape index (κ2) is 12.0. The number of guanidine groups is 1. The van der Waals surface area contributed by atoms with Crippen molar-refractivity contribution in [3.63, 3.8) is 0 Å². The van der Waals surface area contributed by atoms with Crippen LogP contribution in [-0.4, -0.2) is 135 Å². The van der Waals surface area contributed by atoms with E-state index in [0.717, 1.165) is 77.7 Å². The van der Waals surface area contributed by atoms with E-state index in [1.807, 2.05) is 4.90 Å². The summed E-state index contributed by atoms with van der Waals surface area (Å²) < 4.78 is 0. The van der Waals surface area contributed by atoms with Gasteiger partial charge < -0.3 is 24.9 Å². The molecule has 0 aromatic heterocycles. The Bertz CT molecular complexity index is 576. The molecule has 31 heavy (non-hydrogen) atoms. The first-order valence-corrected chi connectivity index (χ1v) is 12.4. The zero-order valence-electron chi connectivity index (χ0n) is 20.4. The molecule has 0 aliphatic carbocycles. The van der Waals surface area contributed by atoms with Crippen LogP contribution in [0.4, 0.5) is 0 Å². The molecule has 1 N–H and O–H groups in total. The van der Waals surface area contributed by atoms with E-state index in [0.29, 0.717) is 11.8 Å². The van der Waals surface area contributed by atoms with Crippen molar-refractivity contribution >= 4 is 11.9 Å². The second-order valence-electron chi connectivity index (χ2n) is 9.64. The molecule has 0 saturated carbocycles. The molecule has 3 aliphatic rings. The number of piperazine rings is 2. The molecule has 8 nitrogen and oxygen atoms in total. The minimum absolute atomic E-state index is 0.0108. The number of amides is 1. The quantitative estimate of drug-likeness (QED) is 0.463. The molecule has 1 amide bonds. The summed E-state index contributed by atoms with van der Waals surface area (Å²) in [6, 6.07) is -0.0108. The highest BCUT2D eigenvalue weighted by molar-refractivity contribution is 5.82. The van der Waals surface area contributed by atoms with Crippen LogP contribution < -0.4 is 5.32 Å². The molecule has 0 aromatic carbocycles. The molecule has 3 aliphatic heterocycles. The maximum Gasteiger partial charge on any atom is 0.239 e. The minimum atomic E-state index is -0.0108. The Balaban J connectivity index is 1.46. The van der Waals surface area contributed by atoms with Gasteiger partial charge in [0.05, 0.1) is 6.04 Å². The zero-order chi connectivity index (χ0) is 22.2. The van der Waals surface area contributed by atoms with E-state index in [1.165, 1.54) is 26.2 Å². The van der Waals surface area contributed by atoms with Gasteiger partial charge in [0.1, 0.15) is 0 Å². The molecule has 3 rings (SSSR count). The minimum Gasteiger partial charge on any atom is -0.357 e. The highest BCUT2D eigenvalue weighted by Gasteiger charge is 2.30. The van der Waals surface area contributed by atoms with Gasteiger partial charge in [0.2, 0.25) is 5.91 Å². The largest absolute Gasteiger partial charge is 0.357 e. The number of hydrogen-bond donors (Lipinski definition) is 1. The standard InChI is InChI=1S/C23H45N7O/c1-5-24-23(25-18-20(2)19-27-12-10-26(4)11-13-27)30-16-14-28(15-17-30)21(3)22(31)29-8-6-7-9-29/h20-21H,5-19H2,1-4H3,(H,24,25). The Morgan fingerprint density at radius 3 is 2.16 bits per heavy atom. The number of nitrogens with one attached hydrogen (secondary N) is 1. The highest BCUT2D eigenvalue weighted by Crippen LogP contribution is 2.14. The van der Waals surface area contributed by atoms with Crippen molar-refractivity contribution in [1.82, 2.24) is 29.8 Å². The Morgan fingerprint density at radius 2 is 1.55 bits per heavy atom. The molecular formula is C23H45N7O. The smallest absolute Gasteiger partial charge is 0.239 e. The van der Waals surface area contributed by atoms with Crippen molar-refractivity contribution in [2.45, 2.75) is 39.7 Å². The van der Waals surface area contributed by atoms with E-state index in [-0.39, 0.29) is 6.04 Å². The Morgan fingerprint density at radius 1 is 0.903 bits per heavy atom. The van der Waals surface area contributed by atoms with Gasteiger partial charge in [-0.2, -0.15) is 0 Å². The Labute approximate surface area is 189 Å². The SMILES string of the molecule is CCNC(=NCC(C)CN1CCN(C)CC1)N1CCN(C(C)C(=O)N2CCCC2)CC1. The van der Waals surface area contributed by atoms with E-state index < -0.39 is 0 Å². The topological polar surface area (TPSA) is 57.7 Å². The molecule has 0 bridgehead atoms. The molecule has 178 valence electrons. The van der Waals surface area contributed by atoms with E-state index in [1.54, 1.807) is 0 Å². The number of nitrogens with zero attached hydrogens (tertiary/aromatic N) is 6. The summed E-state index contributed by atoms with van der Waals surface area (Å²) in [5.41, 5.74) is 0. The van der Waals surface area contributed by atoms with Crippen LogP contribution in [0.5, 0.6) is 0 Å². The maximum absolute atomic E-state index is 12.7. The third-order valence-corrected chi connectivity index (χ3v) is 6.99. The van der Waals surface area contributed by atoms with Crippen LogP contribution in [0.3, 0.4) is 0 Å². The number of aliphatic imine (C=N–C) groups is 1. The van der Waals surface area contributed by atoms with Crippen molar-refractivity contribution in [2.75, 3.05) is 92.1 Å². The summed E-state index contributed by atoms with van der Waals surface area (Å²) in [6.45, 7) is 19.6. The molecule has 3 heterocycles. The van der Waals surface area contributed by atoms with Crippen LogP contribution in [0, 0.1) is 5.92 Å². The number of rotatable bonds is 7. The van der Waals surface area contributed by atoms with Gasteiger partial charge in [-0.3, -0.25) is 14.7 Å². The van der Waals surface area contributed by atoms with Gasteiger partial charge in [-0.05, 0) is 39.7 Å². The van der Waals surface area contributed by atoms with Gasteiger partial charge in [0, 0.05) is 85.1 Å². The lowest BCUT2D eigenvalue weighted by molar-refractivity contribution is -0.135. The van der Waals surface area contributed by atoms with Crippen LogP contribution in [-0.2, 0) is 4.79 Å². The van der Waals surface area contributed by atoms with Crippen LogP contribution in [0.15, 0.2) is 4.99 Å². The molecule has 3 saturated heterocycles. The van der Waals surface area contributed by atoms with Gasteiger partial charge in [-0.25, -0.2) is 0 Å². The summed E-state index contributed by atoms with van der Waals surface area (Å²) in [5, 5.41) is 3.49. The van der Waals surface area contributed by atoms with E-state index >= 15 is 0 Å². The van der Waals surface area contributed by atoms with Crippen molar-refractivity contribution in [3.8, 4) is 0 Å². The first-order valence-electron chi connectivity index (χ1n) is 12.4. The second-order valence-corrected chi connectivity index (χ2v) is 9.64. The fourth-order valence-corrected chi connectivity index (χ4v) is 4.88. The summed E-state index contributed by atoms with van der Waals surface area (Å²) in [7, 11) is 2.20. The van der Waals surface area contributed by atoms with Crippen LogP contribution >= 0.6 is 0 Å². The first kappa shape index (κ1) is 24.3. The third-order valence-electron chi connectivity index (χ3n) is 6.99. The monoisotopic (exact) mass is 435 g/mol. The molecule has 0 radical (unpaired) electrons. The van der Waals surface area contributed by atoms with Crippen molar-refractivity contribution in [1.29, 1.82) is 0 Å². The average molecular weight is 436 g/mol. The van der Waals surface area contributed by atoms with Gasteiger partial charge in [0.15, 0.2) is 5.96 Å². The third kappa shape index (κ3) is 7.05. The van der Waals surface area contributed by atoms with Gasteiger partial charge in [0.25, 0.3) is 0 Å². The Kier molecular flexibility index (Phi) is 9.41. The predicted octanol–water partition coefficient (Wildman–Crippen LogP) is 0.464. The molecular weight excluding hydrogens is 390 g/mol. The van der Waals surface area contributed by atoms with Crippen molar-refractivity contribution < 1.29 is 4.79 Å². The predicted molar refractivity (Wildman–Crippen MR) is 128 cm³/mol. The van der Waals surface area contributed by atoms with E-state index in [2.05, 4.69) is 52.7 Å². The lowest BCUT2D eigenvalue weighted by Gasteiger charge is -2.39. The van der Waals surface area contributed by atoms with Crippen molar-refractivity contribution in [2.24, 2.45) is 10.9 Å². The Hall–Kier alpha value is -1.38. The molecule has 0 aromatic rings. The van der Waals surface area contributed by atoms with E-state index in [4.69, 9.17) is 4.99 Å². The summed E-state index contributed by atoms with van der Waals surface area (Å²) in [5.74, 6) is 1.90. The summed E-state index contributed by atoms with van der Waals surface area (Å²) >= 11 is 0. The number of likely N-dealkylation sites (tertiary alicyclic amines) is 1. The highest BCUT2D eigenvalue weighted by atomic mass is 16.2. The normalized spacial score (nSPS) is 24.5. The van der Waals surface area contributed by atoms with Crippen molar-refractivity contribution in [3.05, 3.63) is 0 Å². The first-order chi connectivity index (χ1) is 15.0. The van der Waals surface area contributed by atoms with Crippen LogP contribution in [0.2, 0.25) is 0 Å². The molecule has 3 fully saturated rings. The number of hydrogen-bond acceptors (Lipinski definition) is 5. The van der Waals surface area contributed by atoms with E-state index in [9.17, 15) is 4.79 Å². The fourth-order valence-electron chi connectivity index (χ4n) is 4.88. The summed E-state index contributed by atoms with van der Waals surface area (Å²) in [6.07, 6.45) is 2.31. The lowest BCUT2D eigenvalue weighted by atomic mass is 10.1. The maximum atomic E-state index is 12.7. The van der Waals surface area contributed by atoms with Gasteiger partial charge in [-0.1, -0.05) is 6.92 Å². The number of likely N-dealkylation sites (N-methyl/N-ethyl adjacent to an activating group) is 1. The van der Waals surface area contributed by atoms with Gasteiger partial charge in [-0.15, -0.1) is 0 Å². The van der Waals surface area contributed by atoms with Crippen LogP contribution in [0.1, 0.15) is 33.6 Å².